The molecule has 1 fully saturated rings. The van der Waals surface area contributed by atoms with E-state index in [-0.39, 0.29) is 6.10 Å². The molecule has 0 aromatic carbocycles. The van der Waals surface area contributed by atoms with Crippen molar-refractivity contribution in [1.29, 1.82) is 0 Å². The molecule has 0 spiro atoms. The molecule has 1 aliphatic carbocycles. The van der Waals surface area contributed by atoms with Crippen LogP contribution in [0.5, 0.6) is 5.88 Å². The summed E-state index contributed by atoms with van der Waals surface area (Å²) in [5.74, 6) is 2.09. The monoisotopic (exact) mass is 250 g/mol. The van der Waals surface area contributed by atoms with Crippen LogP contribution in [0.3, 0.4) is 0 Å². The van der Waals surface area contributed by atoms with E-state index in [0.29, 0.717) is 17.8 Å². The molecule has 0 radical (unpaired) electrons. The quantitative estimate of drug-likeness (QED) is 0.833. The number of ether oxygens (including phenoxy) is 1. The predicted molar refractivity (Wildman–Crippen MR) is 71.6 cm³/mol. The summed E-state index contributed by atoms with van der Waals surface area (Å²) in [6.45, 7) is 4.89. The largest absolute Gasteiger partial charge is 0.475 e. The molecular formula is C13H22N4O. The van der Waals surface area contributed by atoms with Gasteiger partial charge in [-0.25, -0.2) is 9.97 Å². The van der Waals surface area contributed by atoms with Crippen LogP contribution in [-0.2, 0) is 0 Å². The second kappa shape index (κ2) is 6.00. The minimum Gasteiger partial charge on any atom is -0.475 e. The first-order valence-electron chi connectivity index (χ1n) is 6.61. The van der Waals surface area contributed by atoms with Crippen LogP contribution in [0.4, 0.5) is 5.82 Å². The fourth-order valence-electron chi connectivity index (χ4n) is 2.29. The van der Waals surface area contributed by atoms with E-state index < -0.39 is 0 Å². The van der Waals surface area contributed by atoms with Gasteiger partial charge in [0.25, 0.3) is 0 Å². The number of nitrogens with one attached hydrogen (secondary N) is 1. The van der Waals surface area contributed by atoms with Crippen molar-refractivity contribution >= 4 is 5.82 Å². The average molecular weight is 250 g/mol. The van der Waals surface area contributed by atoms with Gasteiger partial charge in [0, 0.05) is 18.7 Å². The molecule has 2 unspecified atom stereocenters. The molecule has 1 aromatic heterocycles. The lowest BCUT2D eigenvalue weighted by atomic mass is 10.1. The number of aromatic nitrogens is 2. The Morgan fingerprint density at radius 3 is 2.94 bits per heavy atom. The minimum absolute atomic E-state index is 0.126. The van der Waals surface area contributed by atoms with E-state index >= 15 is 0 Å². The van der Waals surface area contributed by atoms with Crippen molar-refractivity contribution in [2.45, 2.75) is 45.3 Å². The van der Waals surface area contributed by atoms with Gasteiger partial charge in [0.05, 0.1) is 6.10 Å². The maximum absolute atomic E-state index is 5.90. The molecule has 1 aliphatic rings. The van der Waals surface area contributed by atoms with Crippen LogP contribution in [0.25, 0.3) is 0 Å². The van der Waals surface area contributed by atoms with Gasteiger partial charge in [-0.3, -0.25) is 0 Å². The van der Waals surface area contributed by atoms with Gasteiger partial charge >= 0.3 is 0 Å². The third kappa shape index (κ3) is 3.84. The van der Waals surface area contributed by atoms with Gasteiger partial charge in [0.1, 0.15) is 12.1 Å². The lowest BCUT2D eigenvalue weighted by Gasteiger charge is -2.13. The Morgan fingerprint density at radius 2 is 2.28 bits per heavy atom. The molecule has 3 N–H and O–H groups in total. The maximum atomic E-state index is 5.90. The molecule has 0 amide bonds. The number of anilines is 1. The normalized spacial score (nSPS) is 23.3. The summed E-state index contributed by atoms with van der Waals surface area (Å²) < 4.78 is 5.53. The molecule has 2 atom stereocenters. The average Bonchev–Trinajstić information content (AvgIpc) is 2.72. The topological polar surface area (TPSA) is 73.1 Å². The van der Waals surface area contributed by atoms with Crippen LogP contribution in [0.2, 0.25) is 0 Å². The Morgan fingerprint density at radius 1 is 1.44 bits per heavy atom. The van der Waals surface area contributed by atoms with E-state index in [9.17, 15) is 0 Å². The standard InChI is InChI=1S/C13H22N4O/c1-9(2)18-13-6-12(16-8-17-13)15-7-10-3-4-11(14)5-10/h6,8-11H,3-5,7,14H2,1-2H3,(H,15,16,17). The molecule has 0 saturated heterocycles. The molecule has 0 bridgehead atoms. The molecule has 0 aliphatic heterocycles. The van der Waals surface area contributed by atoms with Crippen molar-refractivity contribution in [3.05, 3.63) is 12.4 Å². The summed E-state index contributed by atoms with van der Waals surface area (Å²) in [6, 6.07) is 2.22. The minimum atomic E-state index is 0.126. The molecule has 1 saturated carbocycles. The van der Waals surface area contributed by atoms with Crippen LogP contribution in [0, 0.1) is 5.92 Å². The zero-order chi connectivity index (χ0) is 13.0. The lowest BCUT2D eigenvalue weighted by molar-refractivity contribution is 0.232. The van der Waals surface area contributed by atoms with E-state index in [2.05, 4.69) is 15.3 Å². The second-order valence-electron chi connectivity index (χ2n) is 5.23. The Kier molecular flexibility index (Phi) is 4.36. The molecule has 2 rings (SSSR count). The SMILES string of the molecule is CC(C)Oc1cc(NCC2CCC(N)C2)ncn1. The molecular weight excluding hydrogens is 228 g/mol. The smallest absolute Gasteiger partial charge is 0.218 e. The first kappa shape index (κ1) is 13.1. The summed E-state index contributed by atoms with van der Waals surface area (Å²) in [7, 11) is 0. The second-order valence-corrected chi connectivity index (χ2v) is 5.23. The summed E-state index contributed by atoms with van der Waals surface area (Å²) in [5.41, 5.74) is 5.90. The van der Waals surface area contributed by atoms with Gasteiger partial charge in [-0.1, -0.05) is 0 Å². The summed E-state index contributed by atoms with van der Waals surface area (Å²) in [4.78, 5) is 8.27. The lowest BCUT2D eigenvalue weighted by Crippen LogP contribution is -2.18. The third-order valence-corrected chi connectivity index (χ3v) is 3.15. The highest BCUT2D eigenvalue weighted by atomic mass is 16.5. The first-order valence-corrected chi connectivity index (χ1v) is 6.61. The highest BCUT2D eigenvalue weighted by Gasteiger charge is 2.21. The molecule has 1 aromatic rings. The molecule has 5 heteroatoms. The van der Waals surface area contributed by atoms with Crippen molar-refractivity contribution in [3.8, 4) is 5.88 Å². The zero-order valence-electron chi connectivity index (χ0n) is 11.1. The maximum Gasteiger partial charge on any atom is 0.218 e. The van der Waals surface area contributed by atoms with Gasteiger partial charge in [-0.2, -0.15) is 0 Å². The number of hydrogen-bond acceptors (Lipinski definition) is 5. The highest BCUT2D eigenvalue weighted by molar-refractivity contribution is 5.37. The predicted octanol–water partition coefficient (Wildman–Crippen LogP) is 1.80. The van der Waals surface area contributed by atoms with E-state index in [1.807, 2.05) is 19.9 Å². The summed E-state index contributed by atoms with van der Waals surface area (Å²) in [6.07, 6.45) is 5.10. The van der Waals surface area contributed by atoms with Gasteiger partial charge in [-0.05, 0) is 39.0 Å². The Bertz CT molecular complexity index is 383. The van der Waals surface area contributed by atoms with Crippen LogP contribution in [0.1, 0.15) is 33.1 Å². The van der Waals surface area contributed by atoms with E-state index in [4.69, 9.17) is 10.5 Å². The van der Waals surface area contributed by atoms with Crippen LogP contribution in [-0.4, -0.2) is 28.7 Å². The van der Waals surface area contributed by atoms with Gasteiger partial charge in [0.2, 0.25) is 5.88 Å². The zero-order valence-corrected chi connectivity index (χ0v) is 11.1. The van der Waals surface area contributed by atoms with Crippen LogP contribution >= 0.6 is 0 Å². The fraction of sp³-hybridized carbons (Fsp3) is 0.692. The Balaban J connectivity index is 1.85. The summed E-state index contributed by atoms with van der Waals surface area (Å²) >= 11 is 0. The first-order chi connectivity index (χ1) is 8.63. The van der Waals surface area contributed by atoms with Gasteiger partial charge < -0.3 is 15.8 Å². The van der Waals surface area contributed by atoms with Crippen molar-refractivity contribution in [2.75, 3.05) is 11.9 Å². The third-order valence-electron chi connectivity index (χ3n) is 3.15. The molecule has 18 heavy (non-hydrogen) atoms. The van der Waals surface area contributed by atoms with Gasteiger partial charge in [0.15, 0.2) is 0 Å². The molecule has 5 nitrogen and oxygen atoms in total. The summed E-state index contributed by atoms with van der Waals surface area (Å²) in [5, 5.41) is 3.33. The number of hydrogen-bond donors (Lipinski definition) is 2. The van der Waals surface area contributed by atoms with Crippen molar-refractivity contribution in [1.82, 2.24) is 9.97 Å². The number of rotatable bonds is 5. The van der Waals surface area contributed by atoms with Gasteiger partial charge in [-0.15, -0.1) is 0 Å². The Labute approximate surface area is 108 Å². The van der Waals surface area contributed by atoms with E-state index in [0.717, 1.165) is 25.2 Å². The highest BCUT2D eigenvalue weighted by Crippen LogP contribution is 2.24. The van der Waals surface area contributed by atoms with E-state index in [1.54, 1.807) is 0 Å². The van der Waals surface area contributed by atoms with Crippen LogP contribution < -0.4 is 15.8 Å². The van der Waals surface area contributed by atoms with Crippen molar-refractivity contribution in [3.63, 3.8) is 0 Å². The van der Waals surface area contributed by atoms with E-state index in [1.165, 1.54) is 12.7 Å². The van der Waals surface area contributed by atoms with Crippen molar-refractivity contribution < 1.29 is 4.74 Å². The molecule has 100 valence electrons. The van der Waals surface area contributed by atoms with Crippen LogP contribution in [0.15, 0.2) is 12.4 Å². The Hall–Kier alpha value is -1.36. The van der Waals surface area contributed by atoms with Crippen molar-refractivity contribution in [2.24, 2.45) is 11.7 Å². The fourth-order valence-corrected chi connectivity index (χ4v) is 2.29. The number of nitrogens with two attached hydrogens (primary N) is 1. The molecule has 1 heterocycles. The number of nitrogens with zero attached hydrogens (tertiary/aromatic N) is 2.